The number of nitrogens with one attached hydrogen (secondary N) is 1. The van der Waals surface area contributed by atoms with Gasteiger partial charge in [-0.2, -0.15) is 0 Å². The minimum Gasteiger partial charge on any atom is -0.481 e. The summed E-state index contributed by atoms with van der Waals surface area (Å²) in [5.41, 5.74) is -0.679. The van der Waals surface area contributed by atoms with E-state index >= 15 is 0 Å². The van der Waals surface area contributed by atoms with Crippen molar-refractivity contribution >= 4 is 21.7 Å². The van der Waals surface area contributed by atoms with Gasteiger partial charge in [0.2, 0.25) is 0 Å². The fraction of sp³-hybridized carbons (Fsp3) is 0.500. The highest BCUT2D eigenvalue weighted by Crippen LogP contribution is 2.25. The normalized spacial score (nSPS) is 17.2. The monoisotopic (exact) mass is 355 g/mol. The molecule has 8 heteroatoms. The van der Waals surface area contributed by atoms with Gasteiger partial charge in [-0.1, -0.05) is 13.0 Å². The average molecular weight is 355 g/mol. The van der Waals surface area contributed by atoms with Crippen molar-refractivity contribution in [3.8, 4) is 0 Å². The van der Waals surface area contributed by atoms with Crippen LogP contribution in [0.25, 0.3) is 0 Å². The number of aliphatic carboxylic acids is 1. The van der Waals surface area contributed by atoms with Crippen molar-refractivity contribution < 1.29 is 27.9 Å². The van der Waals surface area contributed by atoms with E-state index < -0.39 is 27.3 Å². The van der Waals surface area contributed by atoms with Gasteiger partial charge in [0.25, 0.3) is 5.91 Å². The minimum absolute atomic E-state index is 0.0572. The standard InChI is InChI=1S/C16H21NO6S/c1-2-24(21,22)13-5-3-4-12(10-13)15(20)17-16(11-14(18)19)6-8-23-9-7-16/h3-5,10H,2,6-9,11H2,1H3,(H,17,20)(H,18,19). The molecule has 2 N–H and O–H groups in total. The molecule has 1 fully saturated rings. The Kier molecular flexibility index (Phi) is 5.61. The summed E-state index contributed by atoms with van der Waals surface area (Å²) in [6.07, 6.45) is 0.602. The molecular weight excluding hydrogens is 334 g/mol. The second-order valence-electron chi connectivity index (χ2n) is 5.85. The van der Waals surface area contributed by atoms with Crippen molar-refractivity contribution in [2.75, 3.05) is 19.0 Å². The number of carboxylic acids is 1. The van der Waals surface area contributed by atoms with E-state index in [2.05, 4.69) is 5.32 Å². The molecule has 0 unspecified atom stereocenters. The highest BCUT2D eigenvalue weighted by Gasteiger charge is 2.36. The van der Waals surface area contributed by atoms with Crippen molar-refractivity contribution in [1.82, 2.24) is 5.32 Å². The number of carbonyl (C=O) groups is 2. The zero-order chi connectivity index (χ0) is 17.8. The van der Waals surface area contributed by atoms with E-state index in [1.165, 1.54) is 31.2 Å². The van der Waals surface area contributed by atoms with Crippen molar-refractivity contribution in [2.24, 2.45) is 0 Å². The van der Waals surface area contributed by atoms with Gasteiger partial charge in [0.1, 0.15) is 0 Å². The van der Waals surface area contributed by atoms with Crippen molar-refractivity contribution in [2.45, 2.75) is 36.6 Å². The second-order valence-corrected chi connectivity index (χ2v) is 8.13. The molecule has 2 rings (SSSR count). The van der Waals surface area contributed by atoms with E-state index in [0.29, 0.717) is 26.1 Å². The quantitative estimate of drug-likeness (QED) is 0.794. The number of ether oxygens (including phenoxy) is 1. The molecule has 7 nitrogen and oxygen atoms in total. The van der Waals surface area contributed by atoms with Gasteiger partial charge in [-0.3, -0.25) is 9.59 Å². The van der Waals surface area contributed by atoms with Crippen molar-refractivity contribution in [3.63, 3.8) is 0 Å². The molecule has 132 valence electrons. The summed E-state index contributed by atoms with van der Waals surface area (Å²) in [5, 5.41) is 11.9. The summed E-state index contributed by atoms with van der Waals surface area (Å²) >= 11 is 0. The van der Waals surface area contributed by atoms with Gasteiger partial charge in [-0.15, -0.1) is 0 Å². The minimum atomic E-state index is -3.42. The first-order chi connectivity index (χ1) is 11.3. The molecule has 1 heterocycles. The molecule has 0 aromatic heterocycles. The van der Waals surface area contributed by atoms with Gasteiger partial charge >= 0.3 is 5.97 Å². The number of amides is 1. The highest BCUT2D eigenvalue weighted by atomic mass is 32.2. The Morgan fingerprint density at radius 3 is 2.54 bits per heavy atom. The van der Waals surface area contributed by atoms with E-state index in [4.69, 9.17) is 9.84 Å². The van der Waals surface area contributed by atoms with Crippen LogP contribution < -0.4 is 5.32 Å². The van der Waals surface area contributed by atoms with Crippen molar-refractivity contribution in [1.29, 1.82) is 0 Å². The Morgan fingerprint density at radius 2 is 1.96 bits per heavy atom. The third kappa shape index (κ3) is 4.33. The fourth-order valence-corrected chi connectivity index (χ4v) is 3.63. The Morgan fingerprint density at radius 1 is 1.29 bits per heavy atom. The SMILES string of the molecule is CCS(=O)(=O)c1cccc(C(=O)NC2(CC(=O)O)CCOCC2)c1. The summed E-state index contributed by atoms with van der Waals surface area (Å²) in [4.78, 5) is 23.8. The molecule has 0 bridgehead atoms. The van der Waals surface area contributed by atoms with Crippen LogP contribution in [-0.4, -0.2) is 49.9 Å². The zero-order valence-corrected chi connectivity index (χ0v) is 14.3. The molecule has 1 aliphatic rings. The van der Waals surface area contributed by atoms with Crippen LogP contribution in [0.2, 0.25) is 0 Å². The van der Waals surface area contributed by atoms with Gasteiger partial charge in [0.15, 0.2) is 9.84 Å². The van der Waals surface area contributed by atoms with Gasteiger partial charge in [-0.25, -0.2) is 8.42 Å². The summed E-state index contributed by atoms with van der Waals surface area (Å²) in [5.74, 6) is -1.54. The molecule has 1 saturated heterocycles. The number of hydrogen-bond donors (Lipinski definition) is 2. The van der Waals surface area contributed by atoms with Crippen LogP contribution in [0.15, 0.2) is 29.2 Å². The lowest BCUT2D eigenvalue weighted by molar-refractivity contribution is -0.139. The van der Waals surface area contributed by atoms with E-state index in [9.17, 15) is 18.0 Å². The van der Waals surface area contributed by atoms with Crippen molar-refractivity contribution in [3.05, 3.63) is 29.8 Å². The molecule has 1 amide bonds. The number of benzene rings is 1. The molecule has 0 saturated carbocycles. The number of rotatable bonds is 6. The van der Waals surface area contributed by atoms with E-state index in [1.54, 1.807) is 0 Å². The molecule has 1 aromatic rings. The Labute approximate surface area is 140 Å². The maximum absolute atomic E-state index is 12.5. The summed E-state index contributed by atoms with van der Waals surface area (Å²) in [6, 6.07) is 5.78. The first kappa shape index (κ1) is 18.4. The van der Waals surface area contributed by atoms with E-state index in [0.717, 1.165) is 0 Å². The number of carbonyl (C=O) groups excluding carboxylic acids is 1. The third-order valence-electron chi connectivity index (χ3n) is 4.15. The molecule has 1 aromatic carbocycles. The summed E-state index contributed by atoms with van der Waals surface area (Å²) in [7, 11) is -3.42. The first-order valence-corrected chi connectivity index (χ1v) is 9.38. The van der Waals surface area contributed by atoms with Crippen LogP contribution in [0.3, 0.4) is 0 Å². The molecule has 0 atom stereocenters. The number of hydrogen-bond acceptors (Lipinski definition) is 5. The molecule has 0 spiro atoms. The molecular formula is C16H21NO6S. The third-order valence-corrected chi connectivity index (χ3v) is 5.89. The van der Waals surface area contributed by atoms with E-state index in [1.807, 2.05) is 0 Å². The predicted octanol–water partition coefficient (Wildman–Crippen LogP) is 1.23. The fourth-order valence-electron chi connectivity index (χ4n) is 2.71. The zero-order valence-electron chi connectivity index (χ0n) is 13.4. The lowest BCUT2D eigenvalue weighted by Crippen LogP contribution is -2.53. The Bertz CT molecular complexity index is 722. The van der Waals surface area contributed by atoms with Crippen LogP contribution in [0.1, 0.15) is 36.5 Å². The largest absolute Gasteiger partial charge is 0.481 e. The van der Waals surface area contributed by atoms with Gasteiger partial charge in [0.05, 0.1) is 22.6 Å². The van der Waals surface area contributed by atoms with Crippen LogP contribution in [-0.2, 0) is 19.4 Å². The Balaban J connectivity index is 2.24. The lowest BCUT2D eigenvalue weighted by Gasteiger charge is -2.36. The Hall–Kier alpha value is -1.93. The van der Waals surface area contributed by atoms with Gasteiger partial charge in [0, 0.05) is 18.8 Å². The molecule has 0 aliphatic carbocycles. The summed E-state index contributed by atoms with van der Waals surface area (Å²) in [6.45, 7) is 2.28. The van der Waals surface area contributed by atoms with Crippen LogP contribution in [0.5, 0.6) is 0 Å². The number of sulfone groups is 1. The van der Waals surface area contributed by atoms with E-state index in [-0.39, 0.29) is 22.6 Å². The first-order valence-electron chi connectivity index (χ1n) is 7.73. The molecule has 24 heavy (non-hydrogen) atoms. The summed E-state index contributed by atoms with van der Waals surface area (Å²) < 4.78 is 29.1. The lowest BCUT2D eigenvalue weighted by atomic mass is 9.86. The predicted molar refractivity (Wildman–Crippen MR) is 86.7 cm³/mol. The topological polar surface area (TPSA) is 110 Å². The maximum Gasteiger partial charge on any atom is 0.305 e. The maximum atomic E-state index is 12.5. The van der Waals surface area contributed by atoms with Gasteiger partial charge in [-0.05, 0) is 31.0 Å². The number of carboxylic acid groups (broad SMARTS) is 1. The molecule has 1 aliphatic heterocycles. The molecule has 0 radical (unpaired) electrons. The second kappa shape index (κ2) is 7.31. The van der Waals surface area contributed by atoms with Gasteiger partial charge < -0.3 is 15.2 Å². The van der Waals surface area contributed by atoms with Crippen LogP contribution in [0, 0.1) is 0 Å². The average Bonchev–Trinajstić information content (AvgIpc) is 2.55. The van der Waals surface area contributed by atoms with Crippen LogP contribution >= 0.6 is 0 Å². The van der Waals surface area contributed by atoms with Crippen LogP contribution in [0.4, 0.5) is 0 Å². The smallest absolute Gasteiger partial charge is 0.305 e. The highest BCUT2D eigenvalue weighted by molar-refractivity contribution is 7.91.